The molecule has 40 heavy (non-hydrogen) atoms. The fourth-order valence-corrected chi connectivity index (χ4v) is 4.18. The number of carboxylic acid groups (broad SMARTS) is 1. The first-order valence-corrected chi connectivity index (χ1v) is 13.0. The van der Waals surface area contributed by atoms with Gasteiger partial charge in [-0.05, 0) is 18.1 Å². The number of benzene rings is 1. The number of aromatic nitrogens is 4. The first-order valence-electron chi connectivity index (χ1n) is 13.0. The summed E-state index contributed by atoms with van der Waals surface area (Å²) in [5.74, 6) is -2.64. The Balaban J connectivity index is 1.64. The summed E-state index contributed by atoms with van der Waals surface area (Å²) in [6, 6.07) is 7.19. The summed E-state index contributed by atoms with van der Waals surface area (Å²) in [7, 11) is 0. The number of aromatic amines is 1. The van der Waals surface area contributed by atoms with Gasteiger partial charge < -0.3 is 30.7 Å². The van der Waals surface area contributed by atoms with Crippen molar-refractivity contribution < 1.29 is 33.8 Å². The lowest BCUT2D eigenvalue weighted by Crippen LogP contribution is -2.53. The Hall–Kier alpha value is -4.56. The van der Waals surface area contributed by atoms with Crippen LogP contribution in [0.5, 0.6) is 5.75 Å². The molecule has 0 bridgehead atoms. The quantitative estimate of drug-likeness (QED) is 0.198. The number of amides is 4. The molecule has 216 valence electrons. The number of H-pyrrole nitrogens is 1. The number of hydrogen-bond acceptors (Lipinski definition) is 9. The van der Waals surface area contributed by atoms with Crippen LogP contribution >= 0.6 is 0 Å². The summed E-state index contributed by atoms with van der Waals surface area (Å²) in [5.41, 5.74) is 0. The standard InChI is InChI=1S/C25H34N8O7/c1-3-15(2)23(28-20(34)9-10-22(36)37)25(39)27-13-21(35)33-14-17(40-16-7-5-4-6-8-16)11-18(33)24(38)26-12-19-29-31-32-30-19/h4-8,15,17-18,23H,3,9-14H2,1-2H3,(H,26,38)(H,27,39)(H,28,34)(H,36,37)(H,29,30,31,32)/t15-,17-,18-,23-/m0/s1. The van der Waals surface area contributed by atoms with Gasteiger partial charge in [-0.3, -0.25) is 24.0 Å². The summed E-state index contributed by atoms with van der Waals surface area (Å²) in [6.07, 6.45) is -0.327. The topological polar surface area (TPSA) is 209 Å². The van der Waals surface area contributed by atoms with Crippen LogP contribution in [-0.4, -0.2) is 91.5 Å². The summed E-state index contributed by atoms with van der Waals surface area (Å²) < 4.78 is 5.99. The third-order valence-electron chi connectivity index (χ3n) is 6.53. The van der Waals surface area contributed by atoms with Crippen molar-refractivity contribution in [2.45, 2.75) is 64.3 Å². The van der Waals surface area contributed by atoms with Crippen LogP contribution in [0.4, 0.5) is 0 Å². The summed E-state index contributed by atoms with van der Waals surface area (Å²) >= 11 is 0. The third kappa shape index (κ3) is 8.74. The minimum absolute atomic E-state index is 0.00692. The van der Waals surface area contributed by atoms with Gasteiger partial charge in [0.1, 0.15) is 23.9 Å². The number of tetrazole rings is 1. The molecule has 0 unspecified atom stereocenters. The SMILES string of the molecule is CC[C@H](C)[C@H](NC(=O)CCC(=O)O)C(=O)NCC(=O)N1C[C@@H](Oc2ccccc2)C[C@H]1C(=O)NCc1nn[nH]n1. The number of nitrogens with one attached hydrogen (secondary N) is 4. The lowest BCUT2D eigenvalue weighted by Gasteiger charge is -2.26. The van der Waals surface area contributed by atoms with Gasteiger partial charge >= 0.3 is 5.97 Å². The molecule has 15 heteroatoms. The van der Waals surface area contributed by atoms with Crippen LogP contribution in [0.2, 0.25) is 0 Å². The Morgan fingerprint density at radius 2 is 1.90 bits per heavy atom. The first kappa shape index (κ1) is 30.0. The summed E-state index contributed by atoms with van der Waals surface area (Å²) in [4.78, 5) is 63.5. The largest absolute Gasteiger partial charge is 0.488 e. The number of aliphatic carboxylic acids is 1. The van der Waals surface area contributed by atoms with Gasteiger partial charge in [0, 0.05) is 12.8 Å². The third-order valence-corrected chi connectivity index (χ3v) is 6.53. The molecule has 1 fully saturated rings. The van der Waals surface area contributed by atoms with Gasteiger partial charge in [-0.25, -0.2) is 0 Å². The Labute approximate surface area is 230 Å². The van der Waals surface area contributed by atoms with Gasteiger partial charge in [-0.1, -0.05) is 43.7 Å². The molecular formula is C25H34N8O7. The van der Waals surface area contributed by atoms with E-state index in [1.807, 2.05) is 25.1 Å². The fraction of sp³-hybridized carbons (Fsp3) is 0.520. The zero-order chi connectivity index (χ0) is 29.1. The number of likely N-dealkylation sites (tertiary alicyclic amines) is 1. The number of rotatable bonds is 14. The van der Waals surface area contributed by atoms with E-state index in [0.29, 0.717) is 12.2 Å². The van der Waals surface area contributed by atoms with E-state index >= 15 is 0 Å². The fourth-order valence-electron chi connectivity index (χ4n) is 4.18. The molecule has 1 aliphatic rings. The van der Waals surface area contributed by atoms with Crippen LogP contribution in [0.1, 0.15) is 45.4 Å². The van der Waals surface area contributed by atoms with E-state index < -0.39 is 54.3 Å². The van der Waals surface area contributed by atoms with Gasteiger partial charge in [-0.2, -0.15) is 5.21 Å². The molecule has 1 aromatic heterocycles. The van der Waals surface area contributed by atoms with E-state index in [4.69, 9.17) is 9.84 Å². The Kier molecular flexibility index (Phi) is 10.9. The minimum Gasteiger partial charge on any atom is -0.488 e. The zero-order valence-corrected chi connectivity index (χ0v) is 22.3. The molecule has 4 amide bonds. The van der Waals surface area contributed by atoms with Crippen LogP contribution in [0, 0.1) is 5.92 Å². The Morgan fingerprint density at radius 1 is 1.15 bits per heavy atom. The second-order valence-corrected chi connectivity index (χ2v) is 9.44. The van der Waals surface area contributed by atoms with Crippen molar-refractivity contribution in [3.8, 4) is 5.75 Å². The molecule has 0 saturated carbocycles. The van der Waals surface area contributed by atoms with E-state index in [2.05, 4.69) is 36.6 Å². The van der Waals surface area contributed by atoms with Crippen LogP contribution in [-0.2, 0) is 30.5 Å². The number of carbonyl (C=O) groups excluding carboxylic acids is 4. The van der Waals surface area contributed by atoms with E-state index in [-0.39, 0.29) is 44.1 Å². The normalized spacial score (nSPS) is 17.9. The van der Waals surface area contributed by atoms with Crippen LogP contribution in [0.25, 0.3) is 0 Å². The van der Waals surface area contributed by atoms with E-state index in [1.165, 1.54) is 4.90 Å². The molecule has 2 aromatic rings. The van der Waals surface area contributed by atoms with Crippen molar-refractivity contribution in [2.75, 3.05) is 13.1 Å². The highest BCUT2D eigenvalue weighted by molar-refractivity contribution is 5.93. The number of carbonyl (C=O) groups is 5. The minimum atomic E-state index is -1.12. The van der Waals surface area contributed by atoms with Gasteiger partial charge in [0.25, 0.3) is 0 Å². The molecule has 1 saturated heterocycles. The van der Waals surface area contributed by atoms with E-state index in [9.17, 15) is 24.0 Å². The average Bonchev–Trinajstić information content (AvgIpc) is 3.62. The molecule has 2 heterocycles. The summed E-state index contributed by atoms with van der Waals surface area (Å²) in [5, 5.41) is 29.9. The molecule has 1 aromatic carbocycles. The molecular weight excluding hydrogens is 524 g/mol. The lowest BCUT2D eigenvalue weighted by molar-refractivity contribution is -0.140. The van der Waals surface area contributed by atoms with Crippen molar-refractivity contribution in [3.05, 3.63) is 36.2 Å². The number of carboxylic acids is 1. The molecule has 0 radical (unpaired) electrons. The van der Waals surface area contributed by atoms with Crippen molar-refractivity contribution in [1.29, 1.82) is 0 Å². The molecule has 1 aliphatic heterocycles. The predicted molar refractivity (Wildman–Crippen MR) is 138 cm³/mol. The van der Waals surface area contributed by atoms with Crippen LogP contribution in [0.3, 0.4) is 0 Å². The van der Waals surface area contributed by atoms with Crippen LogP contribution < -0.4 is 20.7 Å². The second kappa shape index (κ2) is 14.6. The summed E-state index contributed by atoms with van der Waals surface area (Å²) in [6.45, 7) is 3.31. The molecule has 4 atom stereocenters. The highest BCUT2D eigenvalue weighted by Crippen LogP contribution is 2.23. The maximum Gasteiger partial charge on any atom is 0.303 e. The van der Waals surface area contributed by atoms with Crippen molar-refractivity contribution >= 4 is 29.6 Å². The predicted octanol–water partition coefficient (Wildman–Crippen LogP) is -0.624. The van der Waals surface area contributed by atoms with Crippen molar-refractivity contribution in [2.24, 2.45) is 5.92 Å². The maximum absolute atomic E-state index is 13.2. The van der Waals surface area contributed by atoms with Gasteiger partial charge in [0.05, 0.1) is 26.1 Å². The number of hydrogen-bond donors (Lipinski definition) is 5. The van der Waals surface area contributed by atoms with Gasteiger partial charge in [0.2, 0.25) is 23.6 Å². The molecule has 0 aliphatic carbocycles. The van der Waals surface area contributed by atoms with E-state index in [0.717, 1.165) is 0 Å². The van der Waals surface area contributed by atoms with Gasteiger partial charge in [-0.15, -0.1) is 10.2 Å². The van der Waals surface area contributed by atoms with Crippen LogP contribution in [0.15, 0.2) is 30.3 Å². The Bertz CT molecular complexity index is 1160. The maximum atomic E-state index is 13.2. The monoisotopic (exact) mass is 558 g/mol. The Morgan fingerprint density at radius 3 is 2.55 bits per heavy atom. The van der Waals surface area contributed by atoms with Crippen molar-refractivity contribution in [3.63, 3.8) is 0 Å². The highest BCUT2D eigenvalue weighted by Gasteiger charge is 2.41. The number of para-hydroxylation sites is 1. The number of ether oxygens (including phenoxy) is 1. The molecule has 5 N–H and O–H groups in total. The van der Waals surface area contributed by atoms with Crippen molar-refractivity contribution in [1.82, 2.24) is 41.5 Å². The molecule has 0 spiro atoms. The highest BCUT2D eigenvalue weighted by atomic mass is 16.5. The van der Waals surface area contributed by atoms with E-state index in [1.54, 1.807) is 19.1 Å². The van der Waals surface area contributed by atoms with Gasteiger partial charge in [0.15, 0.2) is 5.82 Å². The zero-order valence-electron chi connectivity index (χ0n) is 22.3. The lowest BCUT2D eigenvalue weighted by atomic mass is 9.98. The number of nitrogens with zero attached hydrogens (tertiary/aromatic N) is 4. The molecule has 15 nitrogen and oxygen atoms in total. The first-order chi connectivity index (χ1) is 19.2. The second-order valence-electron chi connectivity index (χ2n) is 9.44. The smallest absolute Gasteiger partial charge is 0.303 e. The molecule has 3 rings (SSSR count). The average molecular weight is 559 g/mol.